The first-order chi connectivity index (χ1) is 12.8. The lowest BCUT2D eigenvalue weighted by atomic mass is 10.0. The summed E-state index contributed by atoms with van der Waals surface area (Å²) in [5, 5.41) is 4.93. The molecule has 0 radical (unpaired) electrons. The molecule has 3 N–H and O–H groups in total. The molecule has 0 spiro atoms. The molecule has 0 aliphatic carbocycles. The summed E-state index contributed by atoms with van der Waals surface area (Å²) in [6, 6.07) is 21.4. The van der Waals surface area contributed by atoms with Gasteiger partial charge in [-0.05, 0) is 29.8 Å². The van der Waals surface area contributed by atoms with Crippen LogP contribution in [0.5, 0.6) is 5.75 Å². The Morgan fingerprint density at radius 2 is 1.85 bits per heavy atom. The third-order valence-corrected chi connectivity index (χ3v) is 4.20. The van der Waals surface area contributed by atoms with Crippen LogP contribution in [-0.2, 0) is 11.3 Å². The number of carbonyl (C=O) groups excluding carboxylic acids is 1. The molecule has 1 atom stereocenters. The normalized spacial score (nSPS) is 11.7. The Labute approximate surface area is 153 Å². The van der Waals surface area contributed by atoms with E-state index in [0.29, 0.717) is 13.1 Å². The van der Waals surface area contributed by atoms with Crippen LogP contribution in [0.15, 0.2) is 77.4 Å². The average molecular weight is 351 g/mol. The minimum atomic E-state index is -0.0436. The second kappa shape index (κ2) is 8.87. The van der Waals surface area contributed by atoms with Crippen LogP contribution in [0.3, 0.4) is 0 Å². The van der Waals surface area contributed by atoms with Crippen molar-refractivity contribution >= 4 is 5.91 Å². The van der Waals surface area contributed by atoms with Gasteiger partial charge in [-0.1, -0.05) is 42.5 Å². The van der Waals surface area contributed by atoms with Gasteiger partial charge in [0.2, 0.25) is 0 Å². The lowest BCUT2D eigenvalue weighted by Crippen LogP contribution is -2.87. The van der Waals surface area contributed by atoms with Crippen LogP contribution in [0.25, 0.3) is 0 Å². The molecule has 1 aromatic heterocycles. The monoisotopic (exact) mass is 351 g/mol. The topological polar surface area (TPSA) is 68.1 Å². The Balaban J connectivity index is 1.55. The molecule has 5 heteroatoms. The quantitative estimate of drug-likeness (QED) is 0.654. The van der Waals surface area contributed by atoms with Crippen LogP contribution in [0.4, 0.5) is 0 Å². The molecular formula is C21H23N2O3+. The standard InChI is InChI=1S/C21H22N2O3/c1-25-18-11-9-16(10-12-18)14-22-20(24)15-23-21(19-8-5-13-26-19)17-6-3-2-4-7-17/h2-13,21,23H,14-15H2,1H3,(H,22,24)/p+1/t21-/m1/s1. The molecule has 3 aromatic rings. The van der Waals surface area contributed by atoms with Gasteiger partial charge >= 0.3 is 0 Å². The third-order valence-electron chi connectivity index (χ3n) is 4.20. The van der Waals surface area contributed by atoms with Crippen molar-refractivity contribution < 1.29 is 19.3 Å². The van der Waals surface area contributed by atoms with Gasteiger partial charge in [-0.3, -0.25) is 4.79 Å². The zero-order chi connectivity index (χ0) is 18.2. The maximum atomic E-state index is 12.2. The Morgan fingerprint density at radius 3 is 2.50 bits per heavy atom. The van der Waals surface area contributed by atoms with Crippen molar-refractivity contribution in [1.82, 2.24) is 5.32 Å². The summed E-state index contributed by atoms with van der Waals surface area (Å²) < 4.78 is 10.7. The van der Waals surface area contributed by atoms with E-state index in [1.165, 1.54) is 0 Å². The van der Waals surface area contributed by atoms with E-state index < -0.39 is 0 Å². The molecule has 0 bridgehead atoms. The molecule has 5 nitrogen and oxygen atoms in total. The Hall–Kier alpha value is -3.05. The zero-order valence-electron chi connectivity index (χ0n) is 14.7. The van der Waals surface area contributed by atoms with E-state index >= 15 is 0 Å². The van der Waals surface area contributed by atoms with Crippen LogP contribution in [0.2, 0.25) is 0 Å². The summed E-state index contributed by atoms with van der Waals surface area (Å²) in [5.41, 5.74) is 2.13. The number of hydrogen-bond donors (Lipinski definition) is 2. The number of hydrogen-bond acceptors (Lipinski definition) is 3. The van der Waals surface area contributed by atoms with E-state index in [1.54, 1.807) is 13.4 Å². The van der Waals surface area contributed by atoms with Gasteiger partial charge in [-0.15, -0.1) is 0 Å². The number of furan rings is 1. The van der Waals surface area contributed by atoms with Crippen molar-refractivity contribution in [1.29, 1.82) is 0 Å². The third kappa shape index (κ3) is 4.74. The maximum absolute atomic E-state index is 12.2. The Morgan fingerprint density at radius 1 is 1.08 bits per heavy atom. The highest BCUT2D eigenvalue weighted by Crippen LogP contribution is 2.18. The minimum Gasteiger partial charge on any atom is -0.497 e. The van der Waals surface area contributed by atoms with E-state index in [9.17, 15) is 4.79 Å². The fraction of sp³-hybridized carbons (Fsp3) is 0.190. The van der Waals surface area contributed by atoms with Crippen molar-refractivity contribution in [2.45, 2.75) is 12.6 Å². The number of ether oxygens (including phenoxy) is 1. The molecule has 0 saturated carbocycles. The van der Waals surface area contributed by atoms with Crippen LogP contribution >= 0.6 is 0 Å². The van der Waals surface area contributed by atoms with Gasteiger partial charge in [-0.2, -0.15) is 0 Å². The summed E-state index contributed by atoms with van der Waals surface area (Å²) in [6.07, 6.45) is 1.66. The number of amides is 1. The average Bonchev–Trinajstić information content (AvgIpc) is 3.22. The summed E-state index contributed by atoms with van der Waals surface area (Å²) >= 11 is 0. The number of nitrogens with two attached hydrogens (primary N) is 1. The number of benzene rings is 2. The van der Waals surface area contributed by atoms with Crippen molar-refractivity contribution in [3.63, 3.8) is 0 Å². The van der Waals surface area contributed by atoms with Crippen LogP contribution in [-0.4, -0.2) is 19.6 Å². The highest BCUT2D eigenvalue weighted by atomic mass is 16.5. The molecule has 1 heterocycles. The van der Waals surface area contributed by atoms with Gasteiger partial charge in [0.15, 0.2) is 18.3 Å². The van der Waals surface area contributed by atoms with E-state index in [4.69, 9.17) is 9.15 Å². The lowest BCUT2D eigenvalue weighted by molar-refractivity contribution is -0.678. The molecule has 0 aliphatic rings. The van der Waals surface area contributed by atoms with Crippen molar-refractivity contribution in [3.05, 3.63) is 89.9 Å². The first kappa shape index (κ1) is 17.8. The van der Waals surface area contributed by atoms with E-state index in [0.717, 1.165) is 22.6 Å². The molecule has 0 fully saturated rings. The Bertz CT molecular complexity index is 799. The first-order valence-electron chi connectivity index (χ1n) is 8.57. The van der Waals surface area contributed by atoms with Gasteiger partial charge in [0, 0.05) is 12.1 Å². The molecule has 26 heavy (non-hydrogen) atoms. The second-order valence-electron chi connectivity index (χ2n) is 5.97. The SMILES string of the molecule is COc1ccc(CNC(=O)C[NH2+][C@H](c2ccccc2)c2ccco2)cc1. The van der Waals surface area contributed by atoms with Gasteiger partial charge in [0.1, 0.15) is 5.75 Å². The molecule has 2 aromatic carbocycles. The van der Waals surface area contributed by atoms with Crippen LogP contribution in [0.1, 0.15) is 22.9 Å². The molecule has 1 amide bonds. The van der Waals surface area contributed by atoms with Crippen molar-refractivity contribution in [2.75, 3.05) is 13.7 Å². The van der Waals surface area contributed by atoms with E-state index in [1.807, 2.05) is 72.0 Å². The molecule has 0 saturated heterocycles. The predicted octanol–water partition coefficient (Wildman–Crippen LogP) is 2.26. The number of nitrogens with one attached hydrogen (secondary N) is 1. The molecule has 0 aliphatic heterocycles. The summed E-state index contributed by atoms with van der Waals surface area (Å²) in [5.74, 6) is 1.62. The second-order valence-corrected chi connectivity index (χ2v) is 5.97. The van der Waals surface area contributed by atoms with Crippen molar-refractivity contribution in [3.8, 4) is 5.75 Å². The summed E-state index contributed by atoms with van der Waals surface area (Å²) in [6.45, 7) is 0.809. The molecular weight excluding hydrogens is 328 g/mol. The highest BCUT2D eigenvalue weighted by molar-refractivity contribution is 5.76. The largest absolute Gasteiger partial charge is 0.497 e. The summed E-state index contributed by atoms with van der Waals surface area (Å²) in [4.78, 5) is 12.2. The fourth-order valence-electron chi connectivity index (χ4n) is 2.79. The first-order valence-corrected chi connectivity index (χ1v) is 8.57. The van der Waals surface area contributed by atoms with Crippen LogP contribution in [0, 0.1) is 0 Å². The number of rotatable bonds is 8. The maximum Gasteiger partial charge on any atom is 0.275 e. The minimum absolute atomic E-state index is 0.0201. The molecule has 3 rings (SSSR count). The predicted molar refractivity (Wildman–Crippen MR) is 98.6 cm³/mol. The molecule has 134 valence electrons. The zero-order valence-corrected chi connectivity index (χ0v) is 14.7. The van der Waals surface area contributed by atoms with Gasteiger partial charge in [0.25, 0.3) is 5.91 Å². The van der Waals surface area contributed by atoms with Crippen LogP contribution < -0.4 is 15.4 Å². The van der Waals surface area contributed by atoms with Gasteiger partial charge in [0.05, 0.1) is 13.4 Å². The van der Waals surface area contributed by atoms with Gasteiger partial charge < -0.3 is 19.8 Å². The highest BCUT2D eigenvalue weighted by Gasteiger charge is 2.21. The smallest absolute Gasteiger partial charge is 0.275 e. The van der Waals surface area contributed by atoms with Crippen molar-refractivity contribution in [2.24, 2.45) is 0 Å². The molecule has 0 unspecified atom stereocenters. The van der Waals surface area contributed by atoms with E-state index in [2.05, 4.69) is 5.32 Å². The fourth-order valence-corrected chi connectivity index (χ4v) is 2.79. The number of carbonyl (C=O) groups is 1. The lowest BCUT2D eigenvalue weighted by Gasteiger charge is -2.14. The number of quaternary nitrogens is 1. The Kier molecular flexibility index (Phi) is 6.06. The van der Waals surface area contributed by atoms with Gasteiger partial charge in [-0.25, -0.2) is 0 Å². The number of methoxy groups -OCH3 is 1. The summed E-state index contributed by atoms with van der Waals surface area (Å²) in [7, 11) is 1.63. The van der Waals surface area contributed by atoms with E-state index in [-0.39, 0.29) is 11.9 Å².